The zero-order chi connectivity index (χ0) is 9.30. The van der Waals surface area contributed by atoms with Crippen LogP contribution in [0.1, 0.15) is 21.5 Å². The fourth-order valence-corrected chi connectivity index (χ4v) is 1.65. The maximum atomic E-state index is 10.8. The van der Waals surface area contributed by atoms with Gasteiger partial charge < -0.3 is 5.11 Å². The first-order valence-electron chi connectivity index (χ1n) is 3.53. The van der Waals surface area contributed by atoms with Gasteiger partial charge in [-0.1, -0.05) is 12.1 Å². The largest absolute Gasteiger partial charge is 0.478 e. The van der Waals surface area contributed by atoms with Crippen molar-refractivity contribution in [2.75, 3.05) is 0 Å². The second-order valence-electron chi connectivity index (χ2n) is 2.69. The third kappa shape index (κ3) is 1.50. The molecule has 64 valence electrons. The van der Waals surface area contributed by atoms with Gasteiger partial charge in [-0.3, -0.25) is 0 Å². The smallest absolute Gasteiger partial charge is 0.337 e. The van der Waals surface area contributed by atoms with Crippen LogP contribution < -0.4 is 0 Å². The van der Waals surface area contributed by atoms with Gasteiger partial charge in [0.05, 0.1) is 5.56 Å². The van der Waals surface area contributed by atoms with Crippen molar-refractivity contribution < 1.29 is 9.90 Å². The van der Waals surface area contributed by atoms with Crippen LogP contribution in [0.2, 0.25) is 0 Å². The zero-order valence-electron chi connectivity index (χ0n) is 6.89. The van der Waals surface area contributed by atoms with E-state index in [-0.39, 0.29) is 0 Å². The molecule has 0 amide bonds. The maximum Gasteiger partial charge on any atom is 0.337 e. The molecule has 3 heteroatoms. The molecule has 0 heterocycles. The lowest BCUT2D eigenvalue weighted by atomic mass is 10.1. The van der Waals surface area contributed by atoms with Crippen molar-refractivity contribution in [1.82, 2.24) is 0 Å². The Morgan fingerprint density at radius 3 is 2.25 bits per heavy atom. The van der Waals surface area contributed by atoms with E-state index in [4.69, 9.17) is 5.11 Å². The monoisotopic (exact) mass is 228 g/mol. The fourth-order valence-electron chi connectivity index (χ4n) is 1.04. The number of halogens is 1. The molecule has 1 aromatic carbocycles. The fraction of sp³-hybridized carbons (Fsp3) is 0.222. The predicted molar refractivity (Wildman–Crippen MR) is 50.6 cm³/mol. The molecule has 12 heavy (non-hydrogen) atoms. The van der Waals surface area contributed by atoms with Crippen molar-refractivity contribution in [2.45, 2.75) is 13.8 Å². The van der Waals surface area contributed by atoms with E-state index in [1.165, 1.54) is 0 Å². The first-order chi connectivity index (χ1) is 5.54. The lowest BCUT2D eigenvalue weighted by Gasteiger charge is -2.05. The molecule has 0 radical (unpaired) electrons. The molecule has 1 aromatic rings. The van der Waals surface area contributed by atoms with E-state index in [1.807, 2.05) is 19.1 Å². The summed E-state index contributed by atoms with van der Waals surface area (Å²) in [5.41, 5.74) is 2.08. The Morgan fingerprint density at radius 2 is 1.83 bits per heavy atom. The maximum absolute atomic E-state index is 10.8. The Balaban J connectivity index is 3.43. The van der Waals surface area contributed by atoms with Gasteiger partial charge in [0.2, 0.25) is 0 Å². The number of rotatable bonds is 1. The van der Waals surface area contributed by atoms with E-state index in [2.05, 4.69) is 15.9 Å². The molecule has 0 aliphatic heterocycles. The van der Waals surface area contributed by atoms with Gasteiger partial charge in [-0.05, 0) is 40.9 Å². The zero-order valence-corrected chi connectivity index (χ0v) is 8.47. The van der Waals surface area contributed by atoms with Crippen LogP contribution in [0.25, 0.3) is 0 Å². The minimum Gasteiger partial charge on any atom is -0.478 e. The standard InChI is InChI=1S/C9H9BrO2/c1-5-3-4-6(2)8(10)7(5)9(11)12/h3-4H,1-2H3,(H,11,12). The van der Waals surface area contributed by atoms with Crippen molar-refractivity contribution in [1.29, 1.82) is 0 Å². The Morgan fingerprint density at radius 1 is 1.33 bits per heavy atom. The molecular formula is C9H9BrO2. The number of benzene rings is 1. The number of carbonyl (C=O) groups is 1. The van der Waals surface area contributed by atoms with Crippen LogP contribution in [0.4, 0.5) is 0 Å². The number of carboxylic acids is 1. The molecule has 2 nitrogen and oxygen atoms in total. The summed E-state index contributed by atoms with van der Waals surface area (Å²) in [5.74, 6) is -0.886. The molecule has 0 saturated heterocycles. The summed E-state index contributed by atoms with van der Waals surface area (Å²) in [5, 5.41) is 8.84. The molecule has 0 saturated carbocycles. The number of hydrogen-bond donors (Lipinski definition) is 1. The first kappa shape index (κ1) is 9.26. The van der Waals surface area contributed by atoms with Gasteiger partial charge in [0.25, 0.3) is 0 Å². The Labute approximate surface area is 79.3 Å². The van der Waals surface area contributed by atoms with Gasteiger partial charge in [0.1, 0.15) is 0 Å². The highest BCUT2D eigenvalue weighted by atomic mass is 79.9. The van der Waals surface area contributed by atoms with Crippen LogP contribution >= 0.6 is 15.9 Å². The predicted octanol–water partition coefficient (Wildman–Crippen LogP) is 2.76. The molecule has 0 fully saturated rings. The highest BCUT2D eigenvalue weighted by molar-refractivity contribution is 9.10. The molecule has 0 atom stereocenters. The van der Waals surface area contributed by atoms with E-state index in [0.717, 1.165) is 11.1 Å². The van der Waals surface area contributed by atoms with Crippen LogP contribution in [0, 0.1) is 13.8 Å². The summed E-state index contributed by atoms with van der Waals surface area (Å²) in [7, 11) is 0. The van der Waals surface area contributed by atoms with Crippen LogP contribution in [-0.4, -0.2) is 11.1 Å². The molecule has 0 aliphatic carbocycles. The molecule has 1 N–H and O–H groups in total. The highest BCUT2D eigenvalue weighted by Crippen LogP contribution is 2.24. The lowest BCUT2D eigenvalue weighted by Crippen LogP contribution is -2.01. The van der Waals surface area contributed by atoms with Crippen molar-refractivity contribution >= 4 is 21.9 Å². The molecule has 0 spiro atoms. The minimum absolute atomic E-state index is 0.356. The van der Waals surface area contributed by atoms with E-state index in [1.54, 1.807) is 6.92 Å². The van der Waals surface area contributed by atoms with Gasteiger partial charge in [0.15, 0.2) is 0 Å². The van der Waals surface area contributed by atoms with Crippen LogP contribution in [0.15, 0.2) is 16.6 Å². The first-order valence-corrected chi connectivity index (χ1v) is 4.32. The summed E-state index contributed by atoms with van der Waals surface area (Å²) in [6.45, 7) is 3.66. The summed E-state index contributed by atoms with van der Waals surface area (Å²) in [6, 6.07) is 3.70. The van der Waals surface area contributed by atoms with Gasteiger partial charge in [-0.15, -0.1) is 0 Å². The summed E-state index contributed by atoms with van der Waals surface area (Å²) >= 11 is 3.25. The van der Waals surface area contributed by atoms with Crippen LogP contribution in [0.5, 0.6) is 0 Å². The average Bonchev–Trinajstić information content (AvgIpc) is 1.97. The van der Waals surface area contributed by atoms with Crippen molar-refractivity contribution in [3.05, 3.63) is 33.3 Å². The summed E-state index contributed by atoms with van der Waals surface area (Å²) in [6.07, 6.45) is 0. The SMILES string of the molecule is Cc1ccc(C)c(C(=O)O)c1Br. The van der Waals surface area contributed by atoms with Crippen molar-refractivity contribution in [2.24, 2.45) is 0 Å². The third-order valence-corrected chi connectivity index (χ3v) is 2.78. The lowest BCUT2D eigenvalue weighted by molar-refractivity contribution is 0.0695. The number of carboxylic acid groups (broad SMARTS) is 1. The molecule has 0 aromatic heterocycles. The van der Waals surface area contributed by atoms with E-state index >= 15 is 0 Å². The van der Waals surface area contributed by atoms with Crippen LogP contribution in [0.3, 0.4) is 0 Å². The Hall–Kier alpha value is -0.830. The normalized spacial score (nSPS) is 9.92. The second-order valence-corrected chi connectivity index (χ2v) is 3.49. The van der Waals surface area contributed by atoms with Gasteiger partial charge in [-0.2, -0.15) is 0 Å². The molecule has 0 aliphatic rings. The third-order valence-electron chi connectivity index (χ3n) is 1.76. The van der Waals surface area contributed by atoms with Crippen molar-refractivity contribution in [3.8, 4) is 0 Å². The average molecular weight is 229 g/mol. The van der Waals surface area contributed by atoms with E-state index in [9.17, 15) is 4.79 Å². The summed E-state index contributed by atoms with van der Waals surface area (Å²) in [4.78, 5) is 10.8. The second kappa shape index (κ2) is 3.27. The quantitative estimate of drug-likeness (QED) is 0.803. The van der Waals surface area contributed by atoms with Gasteiger partial charge >= 0.3 is 5.97 Å². The molecular weight excluding hydrogens is 220 g/mol. The summed E-state index contributed by atoms with van der Waals surface area (Å²) < 4.78 is 0.676. The van der Waals surface area contributed by atoms with Gasteiger partial charge in [-0.25, -0.2) is 4.79 Å². The van der Waals surface area contributed by atoms with Gasteiger partial charge in [0, 0.05) is 4.47 Å². The minimum atomic E-state index is -0.886. The molecule has 0 bridgehead atoms. The number of aryl methyl sites for hydroxylation is 2. The Kier molecular flexibility index (Phi) is 2.52. The van der Waals surface area contributed by atoms with Crippen molar-refractivity contribution in [3.63, 3.8) is 0 Å². The molecule has 0 unspecified atom stereocenters. The Bertz CT molecular complexity index is 332. The van der Waals surface area contributed by atoms with E-state index < -0.39 is 5.97 Å². The molecule has 1 rings (SSSR count). The number of aromatic carboxylic acids is 1. The topological polar surface area (TPSA) is 37.3 Å². The highest BCUT2D eigenvalue weighted by Gasteiger charge is 2.12. The van der Waals surface area contributed by atoms with Crippen LogP contribution in [-0.2, 0) is 0 Å². The number of hydrogen-bond acceptors (Lipinski definition) is 1. The van der Waals surface area contributed by atoms with E-state index in [0.29, 0.717) is 10.0 Å².